The molecule has 1 aromatic carbocycles. The highest BCUT2D eigenvalue weighted by Gasteiger charge is 2.40. The SMILES string of the molecule is CC(C)[C@H]1NC(=O)N(CC(=O)N[C@@H]2CCCc3ccccc32)C1=O. The van der Waals surface area contributed by atoms with Gasteiger partial charge in [0.05, 0.1) is 6.04 Å². The van der Waals surface area contributed by atoms with E-state index in [9.17, 15) is 14.4 Å². The minimum absolute atomic E-state index is 0.000248. The fourth-order valence-corrected chi connectivity index (χ4v) is 3.43. The lowest BCUT2D eigenvalue weighted by Crippen LogP contribution is -2.43. The van der Waals surface area contributed by atoms with Crippen LogP contribution in [0.25, 0.3) is 0 Å². The molecule has 1 heterocycles. The molecule has 2 atom stereocenters. The van der Waals surface area contributed by atoms with Crippen molar-refractivity contribution in [2.24, 2.45) is 5.92 Å². The smallest absolute Gasteiger partial charge is 0.325 e. The third kappa shape index (κ3) is 3.13. The lowest BCUT2D eigenvalue weighted by atomic mass is 9.88. The number of fused-ring (bicyclic) bond motifs is 1. The second-order valence-electron chi connectivity index (χ2n) is 6.81. The summed E-state index contributed by atoms with van der Waals surface area (Å²) in [7, 11) is 0. The summed E-state index contributed by atoms with van der Waals surface area (Å²) < 4.78 is 0. The average molecular weight is 329 g/mol. The van der Waals surface area contributed by atoms with Crippen LogP contribution in [-0.2, 0) is 16.0 Å². The van der Waals surface area contributed by atoms with Crippen molar-refractivity contribution in [3.8, 4) is 0 Å². The quantitative estimate of drug-likeness (QED) is 0.826. The molecule has 2 aliphatic rings. The summed E-state index contributed by atoms with van der Waals surface area (Å²) in [4.78, 5) is 37.6. The normalized spacial score (nSPS) is 23.2. The maximum absolute atomic E-state index is 12.4. The number of benzene rings is 1. The van der Waals surface area contributed by atoms with Gasteiger partial charge in [0.25, 0.3) is 5.91 Å². The molecule has 3 rings (SSSR count). The van der Waals surface area contributed by atoms with E-state index in [2.05, 4.69) is 16.7 Å². The largest absolute Gasteiger partial charge is 0.348 e. The van der Waals surface area contributed by atoms with Gasteiger partial charge in [0.15, 0.2) is 0 Å². The predicted molar refractivity (Wildman–Crippen MR) is 89.1 cm³/mol. The van der Waals surface area contributed by atoms with Gasteiger partial charge in [-0.3, -0.25) is 14.5 Å². The van der Waals surface area contributed by atoms with Crippen LogP contribution in [-0.4, -0.2) is 35.3 Å². The number of nitrogens with zero attached hydrogens (tertiary/aromatic N) is 1. The highest BCUT2D eigenvalue weighted by molar-refractivity contribution is 6.06. The summed E-state index contributed by atoms with van der Waals surface area (Å²) in [6.45, 7) is 3.50. The monoisotopic (exact) mass is 329 g/mol. The van der Waals surface area contributed by atoms with E-state index in [0.29, 0.717) is 0 Å². The molecule has 1 saturated heterocycles. The Hall–Kier alpha value is -2.37. The number of carbonyl (C=O) groups is 3. The van der Waals surface area contributed by atoms with E-state index < -0.39 is 12.1 Å². The first-order valence-corrected chi connectivity index (χ1v) is 8.46. The first-order valence-electron chi connectivity index (χ1n) is 8.46. The van der Waals surface area contributed by atoms with Gasteiger partial charge in [0, 0.05) is 0 Å². The average Bonchev–Trinajstić information content (AvgIpc) is 2.83. The number of urea groups is 1. The van der Waals surface area contributed by atoms with Crippen LogP contribution in [0.5, 0.6) is 0 Å². The van der Waals surface area contributed by atoms with Crippen LogP contribution in [0.2, 0.25) is 0 Å². The maximum atomic E-state index is 12.4. The van der Waals surface area contributed by atoms with Crippen molar-refractivity contribution in [3.63, 3.8) is 0 Å². The number of carbonyl (C=O) groups excluding carboxylic acids is 3. The number of rotatable bonds is 4. The predicted octanol–water partition coefficient (Wildman–Crippen LogP) is 1.76. The molecule has 4 amide bonds. The minimum atomic E-state index is -0.541. The first-order chi connectivity index (χ1) is 11.5. The summed E-state index contributed by atoms with van der Waals surface area (Å²) in [5.74, 6) is -0.626. The topological polar surface area (TPSA) is 78.5 Å². The Kier molecular flexibility index (Phi) is 4.55. The molecule has 1 aliphatic heterocycles. The molecule has 1 fully saturated rings. The Morgan fingerprint density at radius 2 is 2.08 bits per heavy atom. The van der Waals surface area contributed by atoms with E-state index in [0.717, 1.165) is 29.7 Å². The standard InChI is InChI=1S/C18H23N3O3/c1-11(2)16-17(23)21(18(24)20-16)10-15(22)19-14-9-5-7-12-6-3-4-8-13(12)14/h3-4,6,8,11,14,16H,5,7,9-10H2,1-2H3,(H,19,22)(H,20,24)/t14-,16-/m1/s1. The van der Waals surface area contributed by atoms with Crippen molar-refractivity contribution in [3.05, 3.63) is 35.4 Å². The zero-order chi connectivity index (χ0) is 17.3. The van der Waals surface area contributed by atoms with Gasteiger partial charge in [-0.05, 0) is 36.3 Å². The molecule has 128 valence electrons. The van der Waals surface area contributed by atoms with E-state index in [1.54, 1.807) is 0 Å². The van der Waals surface area contributed by atoms with E-state index in [1.165, 1.54) is 5.56 Å². The van der Waals surface area contributed by atoms with Gasteiger partial charge in [-0.2, -0.15) is 0 Å². The molecule has 6 nitrogen and oxygen atoms in total. The Bertz CT molecular complexity index is 671. The fraction of sp³-hybridized carbons (Fsp3) is 0.500. The van der Waals surface area contributed by atoms with Crippen LogP contribution >= 0.6 is 0 Å². The van der Waals surface area contributed by atoms with Gasteiger partial charge >= 0.3 is 6.03 Å². The number of nitrogens with one attached hydrogen (secondary N) is 2. The van der Waals surface area contributed by atoms with Crippen LogP contribution < -0.4 is 10.6 Å². The van der Waals surface area contributed by atoms with E-state index >= 15 is 0 Å². The van der Waals surface area contributed by atoms with Gasteiger partial charge in [-0.1, -0.05) is 38.1 Å². The van der Waals surface area contributed by atoms with E-state index in [-0.39, 0.29) is 30.3 Å². The Balaban J connectivity index is 1.65. The number of imide groups is 1. The van der Waals surface area contributed by atoms with Crippen molar-refractivity contribution in [2.75, 3.05) is 6.54 Å². The number of aryl methyl sites for hydroxylation is 1. The summed E-state index contributed by atoms with van der Waals surface area (Å²) in [6.07, 6.45) is 2.91. The lowest BCUT2D eigenvalue weighted by molar-refractivity contribution is -0.133. The second kappa shape index (κ2) is 6.63. The molecule has 1 aliphatic carbocycles. The molecule has 0 bridgehead atoms. The third-order valence-electron chi connectivity index (χ3n) is 4.73. The third-order valence-corrected chi connectivity index (χ3v) is 4.73. The lowest BCUT2D eigenvalue weighted by Gasteiger charge is -2.27. The molecular weight excluding hydrogens is 306 g/mol. The van der Waals surface area contributed by atoms with Gasteiger partial charge in [-0.25, -0.2) is 4.79 Å². The molecule has 0 radical (unpaired) electrons. The fourth-order valence-electron chi connectivity index (χ4n) is 3.43. The molecule has 1 aromatic rings. The minimum Gasteiger partial charge on any atom is -0.348 e. The van der Waals surface area contributed by atoms with Crippen molar-refractivity contribution in [1.82, 2.24) is 15.5 Å². The number of hydrogen-bond acceptors (Lipinski definition) is 3. The molecular formula is C18H23N3O3. The van der Waals surface area contributed by atoms with Gasteiger partial charge in [0.1, 0.15) is 12.6 Å². The molecule has 0 saturated carbocycles. The molecule has 2 N–H and O–H groups in total. The van der Waals surface area contributed by atoms with Crippen LogP contribution in [0.4, 0.5) is 4.79 Å². The van der Waals surface area contributed by atoms with Gasteiger partial charge in [0.2, 0.25) is 5.91 Å². The Labute approximate surface area is 141 Å². The second-order valence-corrected chi connectivity index (χ2v) is 6.81. The molecule has 0 aromatic heterocycles. The summed E-state index contributed by atoms with van der Waals surface area (Å²) in [6, 6.07) is 7.00. The summed E-state index contributed by atoms with van der Waals surface area (Å²) >= 11 is 0. The highest BCUT2D eigenvalue weighted by Crippen LogP contribution is 2.29. The molecule has 0 unspecified atom stereocenters. The van der Waals surface area contributed by atoms with Crippen molar-refractivity contribution >= 4 is 17.8 Å². The van der Waals surface area contributed by atoms with Crippen LogP contribution in [0.15, 0.2) is 24.3 Å². The van der Waals surface area contributed by atoms with Crippen LogP contribution in [0, 0.1) is 5.92 Å². The number of hydrogen-bond donors (Lipinski definition) is 2. The highest BCUT2D eigenvalue weighted by atomic mass is 16.2. The van der Waals surface area contributed by atoms with Gasteiger partial charge < -0.3 is 10.6 Å². The van der Waals surface area contributed by atoms with Crippen LogP contribution in [0.3, 0.4) is 0 Å². The zero-order valence-electron chi connectivity index (χ0n) is 14.0. The van der Waals surface area contributed by atoms with E-state index in [4.69, 9.17) is 0 Å². The molecule has 0 spiro atoms. The first kappa shape index (κ1) is 16.5. The van der Waals surface area contributed by atoms with Crippen molar-refractivity contribution < 1.29 is 14.4 Å². The number of amides is 4. The summed E-state index contributed by atoms with van der Waals surface area (Å²) in [5, 5.41) is 5.61. The summed E-state index contributed by atoms with van der Waals surface area (Å²) in [5.41, 5.74) is 2.39. The van der Waals surface area contributed by atoms with Gasteiger partial charge in [-0.15, -0.1) is 0 Å². The van der Waals surface area contributed by atoms with E-state index in [1.807, 2.05) is 32.0 Å². The molecule has 6 heteroatoms. The van der Waals surface area contributed by atoms with Crippen LogP contribution in [0.1, 0.15) is 43.9 Å². The maximum Gasteiger partial charge on any atom is 0.325 e. The van der Waals surface area contributed by atoms with Crippen molar-refractivity contribution in [2.45, 2.75) is 45.2 Å². The molecule has 24 heavy (non-hydrogen) atoms. The Morgan fingerprint density at radius 3 is 2.79 bits per heavy atom. The zero-order valence-corrected chi connectivity index (χ0v) is 14.0. The Morgan fingerprint density at radius 1 is 1.33 bits per heavy atom. The van der Waals surface area contributed by atoms with Crippen molar-refractivity contribution in [1.29, 1.82) is 0 Å².